The summed E-state index contributed by atoms with van der Waals surface area (Å²) < 4.78 is 0. The monoisotopic (exact) mass is 285 g/mol. The van der Waals surface area contributed by atoms with E-state index in [0.717, 1.165) is 45.3 Å². The van der Waals surface area contributed by atoms with Crippen LogP contribution in [0.5, 0.6) is 0 Å². The van der Waals surface area contributed by atoms with Crippen molar-refractivity contribution in [2.24, 2.45) is 0 Å². The van der Waals surface area contributed by atoms with Crippen molar-refractivity contribution in [1.29, 1.82) is 0 Å². The molecule has 2 unspecified atom stereocenters. The first kappa shape index (κ1) is 15.7. The lowest BCUT2D eigenvalue weighted by molar-refractivity contribution is -0.127. The number of carbonyl (C=O) groups is 1. The quantitative estimate of drug-likeness (QED) is 0.524. The number of aliphatic hydroxyl groups is 2. The van der Waals surface area contributed by atoms with Crippen molar-refractivity contribution in [2.45, 2.75) is 50.3 Å². The Morgan fingerprint density at radius 1 is 1.40 bits per heavy atom. The normalized spacial score (nSPS) is 28.2. The maximum Gasteiger partial charge on any atom is 0.237 e. The highest BCUT2D eigenvalue weighted by atomic mass is 16.3. The van der Waals surface area contributed by atoms with Crippen LogP contribution >= 0.6 is 0 Å². The fourth-order valence-electron chi connectivity index (χ4n) is 3.10. The molecule has 0 spiro atoms. The molecular weight excluding hydrogens is 258 g/mol. The summed E-state index contributed by atoms with van der Waals surface area (Å²) in [5, 5.41) is 24.9. The van der Waals surface area contributed by atoms with Crippen LogP contribution in [0, 0.1) is 0 Å². The minimum absolute atomic E-state index is 0.0187. The molecule has 20 heavy (non-hydrogen) atoms. The SMILES string of the molecule is CC(O)(CO)CNC(=O)C1CCCN1C1CCNCC1. The van der Waals surface area contributed by atoms with Gasteiger partial charge in [0.15, 0.2) is 0 Å². The predicted octanol–water partition coefficient (Wildman–Crippen LogP) is -0.938. The Labute approximate surface area is 120 Å². The van der Waals surface area contributed by atoms with Crippen molar-refractivity contribution >= 4 is 5.91 Å². The second kappa shape index (κ2) is 6.85. The molecule has 0 aromatic heterocycles. The van der Waals surface area contributed by atoms with Gasteiger partial charge in [0, 0.05) is 12.6 Å². The molecular formula is C14H27N3O3. The van der Waals surface area contributed by atoms with Gasteiger partial charge in [-0.3, -0.25) is 9.69 Å². The van der Waals surface area contributed by atoms with Gasteiger partial charge in [-0.25, -0.2) is 0 Å². The van der Waals surface area contributed by atoms with Gasteiger partial charge in [-0.05, 0) is 52.2 Å². The van der Waals surface area contributed by atoms with Crippen LogP contribution in [-0.4, -0.2) is 71.5 Å². The lowest BCUT2D eigenvalue weighted by Gasteiger charge is -2.35. The van der Waals surface area contributed by atoms with Crippen LogP contribution < -0.4 is 10.6 Å². The molecule has 0 radical (unpaired) electrons. The first-order valence-corrected chi connectivity index (χ1v) is 7.61. The molecule has 2 heterocycles. The Balaban J connectivity index is 1.87. The van der Waals surface area contributed by atoms with Gasteiger partial charge in [-0.2, -0.15) is 0 Å². The molecule has 1 amide bonds. The summed E-state index contributed by atoms with van der Waals surface area (Å²) in [6.45, 7) is 4.30. The smallest absolute Gasteiger partial charge is 0.237 e. The summed E-state index contributed by atoms with van der Waals surface area (Å²) in [7, 11) is 0. The Morgan fingerprint density at radius 2 is 2.10 bits per heavy atom. The van der Waals surface area contributed by atoms with Gasteiger partial charge in [0.25, 0.3) is 0 Å². The predicted molar refractivity (Wildman–Crippen MR) is 76.3 cm³/mol. The molecule has 2 aliphatic heterocycles. The molecule has 0 aromatic rings. The van der Waals surface area contributed by atoms with E-state index in [1.54, 1.807) is 0 Å². The molecule has 4 N–H and O–H groups in total. The van der Waals surface area contributed by atoms with Crippen LogP contribution in [0.3, 0.4) is 0 Å². The van der Waals surface area contributed by atoms with Gasteiger partial charge < -0.3 is 20.8 Å². The molecule has 2 atom stereocenters. The van der Waals surface area contributed by atoms with Gasteiger partial charge in [0.1, 0.15) is 5.60 Å². The number of aliphatic hydroxyl groups excluding tert-OH is 1. The summed E-state index contributed by atoms with van der Waals surface area (Å²) >= 11 is 0. The van der Waals surface area contributed by atoms with E-state index < -0.39 is 5.60 Å². The van der Waals surface area contributed by atoms with Gasteiger partial charge >= 0.3 is 0 Å². The van der Waals surface area contributed by atoms with E-state index in [2.05, 4.69) is 15.5 Å². The standard InChI is InChI=1S/C14H27N3O3/c1-14(20,10-18)9-16-13(19)12-3-2-8-17(12)11-4-6-15-7-5-11/h11-12,15,18,20H,2-10H2,1H3,(H,16,19). The Morgan fingerprint density at radius 3 is 2.75 bits per heavy atom. The average Bonchev–Trinajstić information content (AvgIpc) is 2.95. The average molecular weight is 285 g/mol. The number of hydrogen-bond acceptors (Lipinski definition) is 5. The molecule has 0 saturated carbocycles. The lowest BCUT2D eigenvalue weighted by atomic mass is 10.0. The molecule has 2 rings (SSSR count). The molecule has 0 aliphatic carbocycles. The molecule has 2 fully saturated rings. The number of likely N-dealkylation sites (tertiary alicyclic amines) is 1. The summed E-state index contributed by atoms with van der Waals surface area (Å²) in [4.78, 5) is 14.6. The van der Waals surface area contributed by atoms with E-state index in [0.29, 0.717) is 6.04 Å². The fraction of sp³-hybridized carbons (Fsp3) is 0.929. The Hall–Kier alpha value is -0.690. The van der Waals surface area contributed by atoms with Crippen LogP contribution in [-0.2, 0) is 4.79 Å². The fourth-order valence-corrected chi connectivity index (χ4v) is 3.10. The number of piperidine rings is 1. The van der Waals surface area contributed by atoms with Crippen molar-refractivity contribution in [3.05, 3.63) is 0 Å². The van der Waals surface area contributed by atoms with E-state index in [9.17, 15) is 9.90 Å². The van der Waals surface area contributed by atoms with E-state index in [1.165, 1.54) is 6.92 Å². The Kier molecular flexibility index (Phi) is 5.37. The van der Waals surface area contributed by atoms with Gasteiger partial charge in [0.05, 0.1) is 12.6 Å². The number of hydrogen-bond donors (Lipinski definition) is 4. The summed E-state index contributed by atoms with van der Waals surface area (Å²) in [6, 6.07) is 0.417. The van der Waals surface area contributed by atoms with Crippen molar-refractivity contribution in [3.8, 4) is 0 Å². The highest BCUT2D eigenvalue weighted by Gasteiger charge is 2.36. The highest BCUT2D eigenvalue weighted by molar-refractivity contribution is 5.82. The van der Waals surface area contributed by atoms with Crippen LogP contribution in [0.25, 0.3) is 0 Å². The molecule has 2 saturated heterocycles. The summed E-state index contributed by atoms with van der Waals surface area (Å²) in [5.41, 5.74) is -1.24. The zero-order valence-electron chi connectivity index (χ0n) is 12.3. The molecule has 6 nitrogen and oxygen atoms in total. The third-order valence-electron chi connectivity index (χ3n) is 4.36. The third-order valence-corrected chi connectivity index (χ3v) is 4.36. The van der Waals surface area contributed by atoms with Crippen LogP contribution in [0.2, 0.25) is 0 Å². The number of nitrogens with one attached hydrogen (secondary N) is 2. The molecule has 0 aromatic carbocycles. The minimum Gasteiger partial charge on any atom is -0.393 e. The molecule has 0 bridgehead atoms. The van der Waals surface area contributed by atoms with E-state index in [1.807, 2.05) is 0 Å². The highest BCUT2D eigenvalue weighted by Crippen LogP contribution is 2.24. The van der Waals surface area contributed by atoms with Gasteiger partial charge in [-0.1, -0.05) is 0 Å². The number of rotatable bonds is 5. The first-order chi connectivity index (χ1) is 9.53. The topological polar surface area (TPSA) is 84.8 Å². The van der Waals surface area contributed by atoms with Crippen molar-refractivity contribution < 1.29 is 15.0 Å². The van der Waals surface area contributed by atoms with E-state index in [-0.39, 0.29) is 25.1 Å². The van der Waals surface area contributed by atoms with E-state index in [4.69, 9.17) is 5.11 Å². The minimum atomic E-state index is -1.24. The van der Waals surface area contributed by atoms with Gasteiger partial charge in [0.2, 0.25) is 5.91 Å². The second-order valence-corrected chi connectivity index (χ2v) is 6.25. The van der Waals surface area contributed by atoms with Crippen molar-refractivity contribution in [2.75, 3.05) is 32.8 Å². The second-order valence-electron chi connectivity index (χ2n) is 6.25. The van der Waals surface area contributed by atoms with Gasteiger partial charge in [-0.15, -0.1) is 0 Å². The maximum atomic E-state index is 12.3. The summed E-state index contributed by atoms with van der Waals surface area (Å²) in [6.07, 6.45) is 4.13. The number of nitrogens with zero attached hydrogens (tertiary/aromatic N) is 1. The maximum absolute atomic E-state index is 12.3. The molecule has 2 aliphatic rings. The zero-order chi connectivity index (χ0) is 14.6. The molecule has 6 heteroatoms. The number of amides is 1. The summed E-state index contributed by atoms with van der Waals surface area (Å²) in [5.74, 6) is -0.0187. The largest absolute Gasteiger partial charge is 0.393 e. The lowest BCUT2D eigenvalue weighted by Crippen LogP contribution is -2.53. The van der Waals surface area contributed by atoms with Crippen LogP contribution in [0.15, 0.2) is 0 Å². The van der Waals surface area contributed by atoms with E-state index >= 15 is 0 Å². The molecule has 116 valence electrons. The first-order valence-electron chi connectivity index (χ1n) is 7.61. The third kappa shape index (κ3) is 3.91. The number of carbonyl (C=O) groups excluding carboxylic acids is 1. The van der Waals surface area contributed by atoms with Crippen LogP contribution in [0.4, 0.5) is 0 Å². The van der Waals surface area contributed by atoms with Crippen molar-refractivity contribution in [1.82, 2.24) is 15.5 Å². The van der Waals surface area contributed by atoms with Crippen molar-refractivity contribution in [3.63, 3.8) is 0 Å². The zero-order valence-corrected chi connectivity index (χ0v) is 12.3. The van der Waals surface area contributed by atoms with Crippen LogP contribution in [0.1, 0.15) is 32.6 Å². The Bertz CT molecular complexity index is 330.